The summed E-state index contributed by atoms with van der Waals surface area (Å²) in [5.74, 6) is -0.988. The van der Waals surface area contributed by atoms with Gasteiger partial charge in [-0.1, -0.05) is 18.2 Å². The van der Waals surface area contributed by atoms with Gasteiger partial charge in [-0.2, -0.15) is 5.26 Å². The lowest BCUT2D eigenvalue weighted by Gasteiger charge is -2.33. The number of likely N-dealkylation sites (tertiary alicyclic amines) is 1. The van der Waals surface area contributed by atoms with Crippen LogP contribution in [0.1, 0.15) is 40.7 Å². The third kappa shape index (κ3) is 3.91. The van der Waals surface area contributed by atoms with E-state index in [4.69, 9.17) is 0 Å². The zero-order valence-corrected chi connectivity index (χ0v) is 14.4. The van der Waals surface area contributed by atoms with Crippen molar-refractivity contribution in [1.29, 1.82) is 5.26 Å². The van der Waals surface area contributed by atoms with Crippen LogP contribution in [-0.2, 0) is 6.42 Å². The second-order valence-corrected chi connectivity index (χ2v) is 6.66. The van der Waals surface area contributed by atoms with Gasteiger partial charge in [-0.15, -0.1) is 0 Å². The second-order valence-electron chi connectivity index (χ2n) is 6.66. The van der Waals surface area contributed by atoms with E-state index < -0.39 is 11.6 Å². The highest BCUT2D eigenvalue weighted by Gasteiger charge is 2.26. The number of benzene rings is 2. The van der Waals surface area contributed by atoms with Crippen LogP contribution in [0.25, 0.3) is 0 Å². The number of halogens is 2. The zero-order chi connectivity index (χ0) is 18.5. The number of carbonyl (C=O) groups excluding carboxylic acids is 1. The first-order chi connectivity index (χ1) is 12.6. The molecule has 0 radical (unpaired) electrons. The standard InChI is InChI=1S/C21H20F2N2O/c22-19-8-3-9-20(23)18(19)11-10-15-5-4-12-25(14-15)21(26)17-7-2-1-6-16(17)13-24/h1-3,6-9,15H,4-5,10-12,14H2. The molecule has 1 unspecified atom stereocenters. The molecule has 3 rings (SSSR count). The Hall–Kier alpha value is -2.74. The SMILES string of the molecule is N#Cc1ccccc1C(=O)N1CCCC(CCc2c(F)cccc2F)C1. The van der Waals surface area contributed by atoms with Crippen LogP contribution in [-0.4, -0.2) is 23.9 Å². The normalized spacial score (nSPS) is 17.0. The molecule has 0 aliphatic carbocycles. The summed E-state index contributed by atoms with van der Waals surface area (Å²) in [4.78, 5) is 14.5. The number of amides is 1. The molecule has 134 valence electrons. The van der Waals surface area contributed by atoms with E-state index in [1.54, 1.807) is 29.2 Å². The van der Waals surface area contributed by atoms with Crippen molar-refractivity contribution >= 4 is 5.91 Å². The topological polar surface area (TPSA) is 44.1 Å². The minimum absolute atomic E-state index is 0.116. The molecule has 1 atom stereocenters. The lowest BCUT2D eigenvalue weighted by atomic mass is 9.91. The summed E-state index contributed by atoms with van der Waals surface area (Å²) in [6.07, 6.45) is 2.73. The first kappa shape index (κ1) is 18.1. The number of hydrogen-bond acceptors (Lipinski definition) is 2. The smallest absolute Gasteiger partial charge is 0.255 e. The van der Waals surface area contributed by atoms with Crippen molar-refractivity contribution in [2.45, 2.75) is 25.7 Å². The molecule has 0 N–H and O–H groups in total. The molecule has 0 saturated carbocycles. The minimum Gasteiger partial charge on any atom is -0.338 e. The average Bonchev–Trinajstić information content (AvgIpc) is 2.67. The summed E-state index contributed by atoms with van der Waals surface area (Å²) in [5, 5.41) is 9.19. The van der Waals surface area contributed by atoms with Gasteiger partial charge < -0.3 is 4.90 Å². The highest BCUT2D eigenvalue weighted by Crippen LogP contribution is 2.25. The summed E-state index contributed by atoms with van der Waals surface area (Å²) in [5.41, 5.74) is 0.898. The van der Waals surface area contributed by atoms with Crippen molar-refractivity contribution in [2.75, 3.05) is 13.1 Å². The number of hydrogen-bond donors (Lipinski definition) is 0. The molecule has 5 heteroatoms. The Balaban J connectivity index is 1.66. The van der Waals surface area contributed by atoms with Crippen molar-refractivity contribution in [2.24, 2.45) is 5.92 Å². The monoisotopic (exact) mass is 354 g/mol. The van der Waals surface area contributed by atoms with Crippen LogP contribution in [0.3, 0.4) is 0 Å². The Bertz CT molecular complexity index is 824. The highest BCUT2D eigenvalue weighted by atomic mass is 19.1. The number of carbonyl (C=O) groups is 1. The van der Waals surface area contributed by atoms with Crippen molar-refractivity contribution in [3.8, 4) is 6.07 Å². The molecular formula is C21H20F2N2O. The van der Waals surface area contributed by atoms with Crippen molar-refractivity contribution in [3.05, 3.63) is 70.8 Å². The third-order valence-corrected chi connectivity index (χ3v) is 4.95. The van der Waals surface area contributed by atoms with E-state index in [9.17, 15) is 18.8 Å². The predicted octanol–water partition coefficient (Wildman–Crippen LogP) is 4.32. The summed E-state index contributed by atoms with van der Waals surface area (Å²) in [6.45, 7) is 1.19. The fourth-order valence-electron chi connectivity index (χ4n) is 3.54. The molecule has 0 bridgehead atoms. The van der Waals surface area contributed by atoms with Crippen molar-refractivity contribution < 1.29 is 13.6 Å². The van der Waals surface area contributed by atoms with Gasteiger partial charge in [0.1, 0.15) is 11.6 Å². The molecule has 3 nitrogen and oxygen atoms in total. The summed E-state index contributed by atoms with van der Waals surface area (Å²) < 4.78 is 27.6. The molecule has 1 fully saturated rings. The number of nitriles is 1. The van der Waals surface area contributed by atoms with Gasteiger partial charge in [0.15, 0.2) is 0 Å². The summed E-state index contributed by atoms with van der Waals surface area (Å²) in [6, 6.07) is 12.7. The van der Waals surface area contributed by atoms with Crippen LogP contribution in [0, 0.1) is 28.9 Å². The molecule has 26 heavy (non-hydrogen) atoms. The van der Waals surface area contributed by atoms with E-state index in [2.05, 4.69) is 6.07 Å². The second kappa shape index (κ2) is 8.09. The molecule has 1 aliphatic rings. The number of piperidine rings is 1. The van der Waals surface area contributed by atoms with Crippen molar-refractivity contribution in [3.63, 3.8) is 0 Å². The summed E-state index contributed by atoms with van der Waals surface area (Å²) in [7, 11) is 0. The Kier molecular flexibility index (Phi) is 5.62. The van der Waals surface area contributed by atoms with Gasteiger partial charge >= 0.3 is 0 Å². The number of rotatable bonds is 4. The van der Waals surface area contributed by atoms with E-state index in [1.807, 2.05) is 0 Å². The zero-order valence-electron chi connectivity index (χ0n) is 14.4. The largest absolute Gasteiger partial charge is 0.338 e. The van der Waals surface area contributed by atoms with Crippen molar-refractivity contribution in [1.82, 2.24) is 4.90 Å². The maximum atomic E-state index is 13.8. The lowest BCUT2D eigenvalue weighted by Crippen LogP contribution is -2.40. The molecule has 0 aromatic heterocycles. The van der Waals surface area contributed by atoms with Crippen LogP contribution in [0.15, 0.2) is 42.5 Å². The maximum absolute atomic E-state index is 13.8. The van der Waals surface area contributed by atoms with Gasteiger partial charge in [-0.05, 0) is 55.9 Å². The van der Waals surface area contributed by atoms with Crippen LogP contribution in [0.5, 0.6) is 0 Å². The Morgan fingerprint density at radius 2 is 1.88 bits per heavy atom. The van der Waals surface area contributed by atoms with Gasteiger partial charge in [-0.3, -0.25) is 4.79 Å². The van der Waals surface area contributed by atoms with E-state index in [0.29, 0.717) is 37.1 Å². The first-order valence-electron chi connectivity index (χ1n) is 8.81. The Morgan fingerprint density at radius 3 is 2.62 bits per heavy atom. The molecule has 0 spiro atoms. The van der Waals surface area contributed by atoms with Gasteiger partial charge in [-0.25, -0.2) is 8.78 Å². The van der Waals surface area contributed by atoms with Gasteiger partial charge in [0.2, 0.25) is 0 Å². The molecule has 1 saturated heterocycles. The molecular weight excluding hydrogens is 334 g/mol. The quantitative estimate of drug-likeness (QED) is 0.821. The predicted molar refractivity (Wildman–Crippen MR) is 94.5 cm³/mol. The van der Waals surface area contributed by atoms with Crippen LogP contribution >= 0.6 is 0 Å². The first-order valence-corrected chi connectivity index (χ1v) is 8.81. The van der Waals surface area contributed by atoms with E-state index >= 15 is 0 Å². The Morgan fingerprint density at radius 1 is 1.15 bits per heavy atom. The molecule has 1 aliphatic heterocycles. The third-order valence-electron chi connectivity index (χ3n) is 4.95. The molecule has 2 aromatic carbocycles. The van der Waals surface area contributed by atoms with E-state index in [0.717, 1.165) is 12.8 Å². The fourth-order valence-corrected chi connectivity index (χ4v) is 3.54. The van der Waals surface area contributed by atoms with E-state index in [1.165, 1.54) is 18.2 Å². The minimum atomic E-state index is -0.517. The van der Waals surface area contributed by atoms with Crippen LogP contribution in [0.4, 0.5) is 8.78 Å². The number of nitrogens with zero attached hydrogens (tertiary/aromatic N) is 2. The fraction of sp³-hybridized carbons (Fsp3) is 0.333. The van der Waals surface area contributed by atoms with Gasteiger partial charge in [0.05, 0.1) is 17.2 Å². The highest BCUT2D eigenvalue weighted by molar-refractivity contribution is 5.96. The maximum Gasteiger partial charge on any atom is 0.255 e. The molecule has 1 heterocycles. The Labute approximate surface area is 151 Å². The average molecular weight is 354 g/mol. The van der Waals surface area contributed by atoms with Gasteiger partial charge in [0.25, 0.3) is 5.91 Å². The lowest BCUT2D eigenvalue weighted by molar-refractivity contribution is 0.0667. The molecule has 2 aromatic rings. The van der Waals surface area contributed by atoms with Gasteiger partial charge in [0, 0.05) is 18.7 Å². The van der Waals surface area contributed by atoms with E-state index in [-0.39, 0.29) is 17.4 Å². The molecule has 1 amide bonds. The summed E-state index contributed by atoms with van der Waals surface area (Å²) >= 11 is 0. The van der Waals surface area contributed by atoms with Crippen LogP contribution in [0.2, 0.25) is 0 Å². The van der Waals surface area contributed by atoms with Crippen LogP contribution < -0.4 is 0 Å².